The van der Waals surface area contributed by atoms with Crippen LogP contribution < -0.4 is 5.32 Å². The fraction of sp³-hybridized carbons (Fsp3) is 0.667. The Kier molecular flexibility index (Phi) is 5.10. The predicted molar refractivity (Wildman–Crippen MR) is 83.0 cm³/mol. The predicted octanol–water partition coefficient (Wildman–Crippen LogP) is 3.73. The van der Waals surface area contributed by atoms with Crippen LogP contribution in [0.3, 0.4) is 0 Å². The third-order valence-electron chi connectivity index (χ3n) is 5.00. The quantitative estimate of drug-likeness (QED) is 0.902. The summed E-state index contributed by atoms with van der Waals surface area (Å²) in [5, 5.41) is 3.88. The van der Waals surface area contributed by atoms with Gasteiger partial charge in [-0.1, -0.05) is 43.2 Å². The first-order chi connectivity index (χ1) is 9.93. The molecule has 2 unspecified atom stereocenters. The number of ether oxygens (including phenoxy) is 1. The number of rotatable bonds is 4. The minimum atomic E-state index is 0.675. The fourth-order valence-electron chi connectivity index (χ4n) is 3.74. The van der Waals surface area contributed by atoms with Gasteiger partial charge in [-0.3, -0.25) is 0 Å². The molecule has 0 amide bonds. The lowest BCUT2D eigenvalue weighted by Crippen LogP contribution is -2.40. The molecule has 1 saturated heterocycles. The Hall–Kier alpha value is -0.860. The van der Waals surface area contributed by atoms with Crippen molar-refractivity contribution in [3.63, 3.8) is 0 Å². The Balaban J connectivity index is 1.57. The molecule has 0 radical (unpaired) electrons. The molecule has 3 rings (SSSR count). The highest BCUT2D eigenvalue weighted by molar-refractivity contribution is 5.22. The van der Waals surface area contributed by atoms with Crippen LogP contribution in [0.2, 0.25) is 0 Å². The second kappa shape index (κ2) is 7.24. The summed E-state index contributed by atoms with van der Waals surface area (Å²) in [6.45, 7) is 3.09. The van der Waals surface area contributed by atoms with E-state index in [2.05, 4.69) is 35.6 Å². The van der Waals surface area contributed by atoms with Crippen molar-refractivity contribution in [2.45, 2.75) is 50.5 Å². The van der Waals surface area contributed by atoms with Crippen molar-refractivity contribution in [1.29, 1.82) is 0 Å². The lowest BCUT2D eigenvalue weighted by molar-refractivity contribution is 0.0646. The van der Waals surface area contributed by atoms with E-state index < -0.39 is 0 Å². The summed E-state index contributed by atoms with van der Waals surface area (Å²) in [6, 6.07) is 11.8. The first-order valence-electron chi connectivity index (χ1n) is 8.29. The molecule has 1 N–H and O–H groups in total. The van der Waals surface area contributed by atoms with Crippen LogP contribution in [0.25, 0.3) is 0 Å². The number of benzene rings is 1. The number of nitrogens with one attached hydrogen (secondary N) is 1. The maximum atomic E-state index is 5.45. The molecule has 1 aromatic carbocycles. The molecule has 2 heteroatoms. The molecule has 0 spiro atoms. The van der Waals surface area contributed by atoms with E-state index in [1.54, 1.807) is 0 Å². The van der Waals surface area contributed by atoms with Crippen molar-refractivity contribution in [1.82, 2.24) is 5.32 Å². The molecule has 0 bridgehead atoms. The summed E-state index contributed by atoms with van der Waals surface area (Å²) >= 11 is 0. The van der Waals surface area contributed by atoms with Crippen molar-refractivity contribution in [3.8, 4) is 0 Å². The molecule has 1 aliphatic heterocycles. The van der Waals surface area contributed by atoms with Crippen LogP contribution >= 0.6 is 0 Å². The SMILES string of the molecule is c1ccc(C2CCCCC2NCC2CCOCC2)cc1. The molecule has 0 aromatic heterocycles. The highest BCUT2D eigenvalue weighted by Crippen LogP contribution is 2.33. The maximum Gasteiger partial charge on any atom is 0.0469 e. The van der Waals surface area contributed by atoms with Gasteiger partial charge in [-0.2, -0.15) is 0 Å². The third kappa shape index (κ3) is 3.62. The molecule has 2 fully saturated rings. The van der Waals surface area contributed by atoms with Crippen LogP contribution in [-0.4, -0.2) is 25.8 Å². The molecule has 2 atom stereocenters. The van der Waals surface area contributed by atoms with E-state index in [0.29, 0.717) is 12.0 Å². The van der Waals surface area contributed by atoms with E-state index in [-0.39, 0.29) is 0 Å². The summed E-state index contributed by atoms with van der Waals surface area (Å²) in [4.78, 5) is 0. The second-order valence-electron chi connectivity index (χ2n) is 6.37. The van der Waals surface area contributed by atoms with Gasteiger partial charge in [-0.25, -0.2) is 0 Å². The molecule has 20 heavy (non-hydrogen) atoms. The van der Waals surface area contributed by atoms with Crippen LogP contribution in [-0.2, 0) is 4.74 Å². The van der Waals surface area contributed by atoms with Gasteiger partial charge in [0.05, 0.1) is 0 Å². The zero-order valence-electron chi connectivity index (χ0n) is 12.4. The number of hydrogen-bond acceptors (Lipinski definition) is 2. The largest absolute Gasteiger partial charge is 0.381 e. The smallest absolute Gasteiger partial charge is 0.0469 e. The van der Waals surface area contributed by atoms with Gasteiger partial charge in [0.2, 0.25) is 0 Å². The summed E-state index contributed by atoms with van der Waals surface area (Å²) in [5.41, 5.74) is 1.52. The topological polar surface area (TPSA) is 21.3 Å². The Labute approximate surface area is 122 Å². The first-order valence-corrected chi connectivity index (χ1v) is 8.29. The Morgan fingerprint density at radius 1 is 0.950 bits per heavy atom. The van der Waals surface area contributed by atoms with E-state index in [0.717, 1.165) is 19.1 Å². The van der Waals surface area contributed by atoms with Gasteiger partial charge in [-0.05, 0) is 49.6 Å². The molecular formula is C18H27NO. The lowest BCUT2D eigenvalue weighted by atomic mass is 9.79. The van der Waals surface area contributed by atoms with Crippen LogP contribution in [0.5, 0.6) is 0 Å². The Morgan fingerprint density at radius 2 is 1.70 bits per heavy atom. The van der Waals surface area contributed by atoms with Crippen molar-refractivity contribution in [2.75, 3.05) is 19.8 Å². The van der Waals surface area contributed by atoms with Gasteiger partial charge in [-0.15, -0.1) is 0 Å². The van der Waals surface area contributed by atoms with E-state index in [9.17, 15) is 0 Å². The van der Waals surface area contributed by atoms with Gasteiger partial charge in [0.25, 0.3) is 0 Å². The van der Waals surface area contributed by atoms with Gasteiger partial charge in [0.1, 0.15) is 0 Å². The standard InChI is InChI=1S/C18H27NO/c1-2-6-16(7-3-1)17-8-4-5-9-18(17)19-14-15-10-12-20-13-11-15/h1-3,6-7,15,17-19H,4-5,8-14H2. The van der Waals surface area contributed by atoms with Crippen molar-refractivity contribution >= 4 is 0 Å². The molecule has 1 heterocycles. The second-order valence-corrected chi connectivity index (χ2v) is 6.37. The minimum Gasteiger partial charge on any atom is -0.381 e. The van der Waals surface area contributed by atoms with Crippen LogP contribution in [0, 0.1) is 5.92 Å². The third-order valence-corrected chi connectivity index (χ3v) is 5.00. The molecule has 2 nitrogen and oxygen atoms in total. The average Bonchev–Trinajstić information content (AvgIpc) is 2.55. The van der Waals surface area contributed by atoms with E-state index in [4.69, 9.17) is 4.74 Å². The molecule has 1 aliphatic carbocycles. The van der Waals surface area contributed by atoms with Crippen molar-refractivity contribution < 1.29 is 4.74 Å². The van der Waals surface area contributed by atoms with E-state index in [1.807, 2.05) is 0 Å². The molecule has 110 valence electrons. The Bertz CT molecular complexity index is 386. The highest BCUT2D eigenvalue weighted by atomic mass is 16.5. The average molecular weight is 273 g/mol. The van der Waals surface area contributed by atoms with Gasteiger partial charge < -0.3 is 10.1 Å². The zero-order valence-corrected chi connectivity index (χ0v) is 12.4. The molecular weight excluding hydrogens is 246 g/mol. The van der Waals surface area contributed by atoms with Gasteiger partial charge in [0.15, 0.2) is 0 Å². The van der Waals surface area contributed by atoms with Gasteiger partial charge in [0, 0.05) is 19.3 Å². The van der Waals surface area contributed by atoms with Crippen molar-refractivity contribution in [3.05, 3.63) is 35.9 Å². The maximum absolute atomic E-state index is 5.45. The fourth-order valence-corrected chi connectivity index (χ4v) is 3.74. The summed E-state index contributed by atoms with van der Waals surface area (Å²) in [7, 11) is 0. The molecule has 2 aliphatic rings. The summed E-state index contributed by atoms with van der Waals surface area (Å²) in [6.07, 6.45) is 7.91. The van der Waals surface area contributed by atoms with Crippen molar-refractivity contribution in [2.24, 2.45) is 5.92 Å². The number of hydrogen-bond donors (Lipinski definition) is 1. The summed E-state index contributed by atoms with van der Waals surface area (Å²) < 4.78 is 5.45. The lowest BCUT2D eigenvalue weighted by Gasteiger charge is -2.34. The summed E-state index contributed by atoms with van der Waals surface area (Å²) in [5.74, 6) is 1.53. The van der Waals surface area contributed by atoms with Gasteiger partial charge >= 0.3 is 0 Å². The van der Waals surface area contributed by atoms with E-state index in [1.165, 1.54) is 50.6 Å². The highest BCUT2D eigenvalue weighted by Gasteiger charge is 2.26. The normalized spacial score (nSPS) is 28.4. The zero-order chi connectivity index (χ0) is 13.6. The first kappa shape index (κ1) is 14.1. The monoisotopic (exact) mass is 273 g/mol. The Morgan fingerprint density at radius 3 is 2.50 bits per heavy atom. The molecule has 1 saturated carbocycles. The molecule has 1 aromatic rings. The van der Waals surface area contributed by atoms with E-state index >= 15 is 0 Å². The van der Waals surface area contributed by atoms with Crippen LogP contribution in [0.15, 0.2) is 30.3 Å². The minimum absolute atomic E-state index is 0.675. The van der Waals surface area contributed by atoms with Crippen LogP contribution in [0.1, 0.15) is 50.0 Å². The van der Waals surface area contributed by atoms with Crippen LogP contribution in [0.4, 0.5) is 0 Å².